The van der Waals surface area contributed by atoms with Gasteiger partial charge in [-0.1, -0.05) is 17.7 Å². The van der Waals surface area contributed by atoms with Crippen molar-refractivity contribution >= 4 is 11.8 Å². The minimum atomic E-state index is 0.337. The average molecular weight is 261 g/mol. The van der Waals surface area contributed by atoms with E-state index in [-0.39, 0.29) is 0 Å². The van der Waals surface area contributed by atoms with E-state index in [1.165, 1.54) is 16.0 Å². The third-order valence-corrected chi connectivity index (χ3v) is 3.97. The highest BCUT2D eigenvalue weighted by atomic mass is 32.2. The summed E-state index contributed by atoms with van der Waals surface area (Å²) < 4.78 is 1.84. The quantitative estimate of drug-likeness (QED) is 0.839. The molecule has 0 bridgehead atoms. The van der Waals surface area contributed by atoms with Gasteiger partial charge in [-0.25, -0.2) is 0 Å². The number of aryl methyl sites for hydroxylation is 2. The first-order valence-corrected chi connectivity index (χ1v) is 7.03. The van der Waals surface area contributed by atoms with E-state index in [4.69, 9.17) is 0 Å². The first kappa shape index (κ1) is 13.2. The van der Waals surface area contributed by atoms with E-state index in [0.29, 0.717) is 6.04 Å². The van der Waals surface area contributed by atoms with Crippen molar-refractivity contribution in [3.8, 4) is 0 Å². The molecular formula is C14H19N3S. The molecule has 0 aliphatic rings. The zero-order valence-electron chi connectivity index (χ0n) is 11.1. The van der Waals surface area contributed by atoms with E-state index in [2.05, 4.69) is 47.8 Å². The fourth-order valence-electron chi connectivity index (χ4n) is 1.85. The molecule has 0 aliphatic heterocycles. The monoisotopic (exact) mass is 261 g/mol. The molecule has 0 radical (unpaired) electrons. The fourth-order valence-corrected chi connectivity index (χ4v) is 3.01. The van der Waals surface area contributed by atoms with Crippen molar-refractivity contribution in [3.05, 3.63) is 47.8 Å². The molecule has 1 atom stereocenters. The molecule has 0 aliphatic carbocycles. The number of hydrogen-bond acceptors (Lipinski definition) is 3. The number of nitrogens with zero attached hydrogens (tertiary/aromatic N) is 2. The lowest BCUT2D eigenvalue weighted by Gasteiger charge is -2.14. The van der Waals surface area contributed by atoms with Crippen LogP contribution in [0.3, 0.4) is 0 Å². The summed E-state index contributed by atoms with van der Waals surface area (Å²) in [5, 5.41) is 7.56. The summed E-state index contributed by atoms with van der Waals surface area (Å²) in [5.74, 6) is 1.01. The summed E-state index contributed by atoms with van der Waals surface area (Å²) in [6, 6.07) is 8.95. The highest BCUT2D eigenvalue weighted by Crippen LogP contribution is 2.24. The van der Waals surface area contributed by atoms with Crippen LogP contribution < -0.4 is 5.32 Å². The van der Waals surface area contributed by atoms with Gasteiger partial charge in [0.2, 0.25) is 0 Å². The van der Waals surface area contributed by atoms with Gasteiger partial charge in [-0.15, -0.1) is 11.8 Å². The highest BCUT2D eigenvalue weighted by Gasteiger charge is 2.11. The maximum atomic E-state index is 4.22. The lowest BCUT2D eigenvalue weighted by atomic mass is 10.2. The van der Waals surface area contributed by atoms with Crippen LogP contribution in [0, 0.1) is 6.92 Å². The van der Waals surface area contributed by atoms with Crippen molar-refractivity contribution in [2.45, 2.75) is 17.9 Å². The van der Waals surface area contributed by atoms with Gasteiger partial charge in [0.25, 0.3) is 0 Å². The van der Waals surface area contributed by atoms with Gasteiger partial charge in [0, 0.05) is 35.5 Å². The normalized spacial score (nSPS) is 12.6. The van der Waals surface area contributed by atoms with Crippen LogP contribution in [0.15, 0.2) is 41.6 Å². The Labute approximate surface area is 113 Å². The SMILES string of the molecule is CNC(CSc1cccc(C)c1)c1cnn(C)c1. The second-order valence-electron chi connectivity index (χ2n) is 4.42. The molecule has 0 saturated carbocycles. The Morgan fingerprint density at radius 1 is 1.44 bits per heavy atom. The van der Waals surface area contributed by atoms with Crippen molar-refractivity contribution in [2.24, 2.45) is 7.05 Å². The maximum Gasteiger partial charge on any atom is 0.0537 e. The van der Waals surface area contributed by atoms with Gasteiger partial charge in [0.15, 0.2) is 0 Å². The molecule has 0 amide bonds. The Balaban J connectivity index is 1.99. The molecule has 1 N–H and O–H groups in total. The van der Waals surface area contributed by atoms with Crippen molar-refractivity contribution < 1.29 is 0 Å². The minimum Gasteiger partial charge on any atom is -0.312 e. The molecule has 1 heterocycles. The number of nitrogens with one attached hydrogen (secondary N) is 1. The van der Waals surface area contributed by atoms with Crippen molar-refractivity contribution in [1.29, 1.82) is 0 Å². The van der Waals surface area contributed by atoms with Crippen LogP contribution in [0.25, 0.3) is 0 Å². The third-order valence-electron chi connectivity index (χ3n) is 2.88. The number of aromatic nitrogens is 2. The smallest absolute Gasteiger partial charge is 0.0537 e. The Morgan fingerprint density at radius 2 is 2.28 bits per heavy atom. The first-order valence-electron chi connectivity index (χ1n) is 6.04. The van der Waals surface area contributed by atoms with Crippen LogP contribution in [0.2, 0.25) is 0 Å². The predicted molar refractivity (Wildman–Crippen MR) is 76.9 cm³/mol. The molecular weight excluding hydrogens is 242 g/mol. The molecule has 4 heteroatoms. The third kappa shape index (κ3) is 3.37. The zero-order valence-corrected chi connectivity index (χ0v) is 11.9. The largest absolute Gasteiger partial charge is 0.312 e. The van der Waals surface area contributed by atoms with Crippen LogP contribution >= 0.6 is 11.8 Å². The molecule has 1 unspecified atom stereocenters. The van der Waals surface area contributed by atoms with Crippen LogP contribution in [0.4, 0.5) is 0 Å². The topological polar surface area (TPSA) is 29.9 Å². The molecule has 0 spiro atoms. The molecule has 0 fully saturated rings. The number of benzene rings is 1. The number of hydrogen-bond donors (Lipinski definition) is 1. The van der Waals surface area contributed by atoms with E-state index in [0.717, 1.165) is 5.75 Å². The second kappa shape index (κ2) is 6.07. The Hall–Kier alpha value is -1.26. The minimum absolute atomic E-state index is 0.337. The number of thioether (sulfide) groups is 1. The van der Waals surface area contributed by atoms with E-state index in [1.54, 1.807) is 0 Å². The Bertz CT molecular complexity index is 507. The summed E-state index contributed by atoms with van der Waals surface area (Å²) in [5.41, 5.74) is 2.54. The van der Waals surface area contributed by atoms with Crippen molar-refractivity contribution in [3.63, 3.8) is 0 Å². The Kier molecular flexibility index (Phi) is 4.44. The van der Waals surface area contributed by atoms with Crippen molar-refractivity contribution in [2.75, 3.05) is 12.8 Å². The molecule has 1 aromatic heterocycles. The molecule has 2 aromatic rings. The fraction of sp³-hybridized carbons (Fsp3) is 0.357. The molecule has 96 valence electrons. The van der Waals surface area contributed by atoms with Gasteiger partial charge in [-0.05, 0) is 26.1 Å². The summed E-state index contributed by atoms with van der Waals surface area (Å²) >= 11 is 1.87. The lowest BCUT2D eigenvalue weighted by molar-refractivity contribution is 0.660. The first-order chi connectivity index (χ1) is 8.69. The molecule has 2 rings (SSSR count). The standard InChI is InChI=1S/C14H19N3S/c1-11-5-4-6-13(7-11)18-10-14(15-2)12-8-16-17(3)9-12/h4-9,14-15H,10H2,1-3H3. The summed E-state index contributed by atoms with van der Waals surface area (Å²) in [4.78, 5) is 1.32. The van der Waals surface area contributed by atoms with Crippen LogP contribution in [0.1, 0.15) is 17.2 Å². The van der Waals surface area contributed by atoms with Crippen LogP contribution in [-0.2, 0) is 7.05 Å². The second-order valence-corrected chi connectivity index (χ2v) is 5.51. The maximum absolute atomic E-state index is 4.22. The summed E-state index contributed by atoms with van der Waals surface area (Å²) in [6.07, 6.45) is 4.00. The lowest BCUT2D eigenvalue weighted by Crippen LogP contribution is -2.18. The Morgan fingerprint density at radius 3 is 2.89 bits per heavy atom. The van der Waals surface area contributed by atoms with Crippen molar-refractivity contribution in [1.82, 2.24) is 15.1 Å². The highest BCUT2D eigenvalue weighted by molar-refractivity contribution is 7.99. The summed E-state index contributed by atoms with van der Waals surface area (Å²) in [7, 11) is 3.94. The number of rotatable bonds is 5. The van der Waals surface area contributed by atoms with Gasteiger partial charge in [-0.2, -0.15) is 5.10 Å². The van der Waals surface area contributed by atoms with Crippen LogP contribution in [-0.4, -0.2) is 22.6 Å². The van der Waals surface area contributed by atoms with Crippen LogP contribution in [0.5, 0.6) is 0 Å². The zero-order chi connectivity index (χ0) is 13.0. The van der Waals surface area contributed by atoms with E-state index >= 15 is 0 Å². The van der Waals surface area contributed by atoms with E-state index < -0.39 is 0 Å². The van der Waals surface area contributed by atoms with E-state index in [1.807, 2.05) is 36.7 Å². The predicted octanol–water partition coefficient (Wildman–Crippen LogP) is 2.78. The van der Waals surface area contributed by atoms with Gasteiger partial charge in [0.1, 0.15) is 0 Å². The summed E-state index contributed by atoms with van der Waals surface area (Å²) in [6.45, 7) is 2.13. The molecule has 3 nitrogen and oxygen atoms in total. The van der Waals surface area contributed by atoms with Gasteiger partial charge >= 0.3 is 0 Å². The molecule has 18 heavy (non-hydrogen) atoms. The average Bonchev–Trinajstić information content (AvgIpc) is 2.77. The van der Waals surface area contributed by atoms with Gasteiger partial charge in [0.05, 0.1) is 6.20 Å². The van der Waals surface area contributed by atoms with E-state index in [9.17, 15) is 0 Å². The van der Waals surface area contributed by atoms with Gasteiger partial charge in [-0.3, -0.25) is 4.68 Å². The molecule has 0 saturated heterocycles. The molecule has 1 aromatic carbocycles. The van der Waals surface area contributed by atoms with Gasteiger partial charge < -0.3 is 5.32 Å².